The molecule has 208 valence electrons. The summed E-state index contributed by atoms with van der Waals surface area (Å²) in [7, 11) is 0. The average molecular weight is 586 g/mol. The molecule has 2 aliphatic rings. The van der Waals surface area contributed by atoms with E-state index in [0.717, 1.165) is 49.5 Å². The Morgan fingerprint density at radius 3 is 1.91 bits per heavy atom. The van der Waals surface area contributed by atoms with Crippen molar-refractivity contribution in [3.8, 4) is 39.9 Å². The van der Waals surface area contributed by atoms with Gasteiger partial charge in [-0.3, -0.25) is 0 Å². The molecule has 0 spiro atoms. The van der Waals surface area contributed by atoms with Crippen molar-refractivity contribution in [3.63, 3.8) is 0 Å². The highest BCUT2D eigenvalue weighted by Crippen LogP contribution is 2.48. The van der Waals surface area contributed by atoms with Crippen molar-refractivity contribution in [3.05, 3.63) is 149 Å². The highest BCUT2D eigenvalue weighted by Gasteiger charge is 2.37. The molecule has 0 saturated carbocycles. The van der Waals surface area contributed by atoms with Gasteiger partial charge in [0.15, 0.2) is 17.5 Å². The summed E-state index contributed by atoms with van der Waals surface area (Å²) in [6.07, 6.45) is 4.20. The SMILES string of the molecule is Clc1ccc2c(c1)OC1C=Cc3ccc(-c4nc(-c5cccc6ccccc56)nc(-c5cccc6ccccc56)n4)cc3C21. The van der Waals surface area contributed by atoms with Crippen molar-refractivity contribution in [1.82, 2.24) is 15.0 Å². The molecule has 0 radical (unpaired) electrons. The Balaban J connectivity index is 1.26. The number of rotatable bonds is 3. The minimum absolute atomic E-state index is 0.0686. The van der Waals surface area contributed by atoms with Crippen LogP contribution in [0.15, 0.2) is 127 Å². The van der Waals surface area contributed by atoms with Gasteiger partial charge >= 0.3 is 0 Å². The van der Waals surface area contributed by atoms with Crippen LogP contribution in [0.5, 0.6) is 5.75 Å². The summed E-state index contributed by atoms with van der Waals surface area (Å²) >= 11 is 6.31. The van der Waals surface area contributed by atoms with Crippen LogP contribution in [0.3, 0.4) is 0 Å². The van der Waals surface area contributed by atoms with Gasteiger partial charge in [-0.15, -0.1) is 0 Å². The van der Waals surface area contributed by atoms with Gasteiger partial charge < -0.3 is 4.74 Å². The van der Waals surface area contributed by atoms with Crippen LogP contribution in [0.1, 0.15) is 22.6 Å². The molecule has 1 aromatic heterocycles. The summed E-state index contributed by atoms with van der Waals surface area (Å²) in [6.45, 7) is 0. The standard InChI is InChI=1S/C39H24ClN3O/c40-27-18-19-32-35(22-27)44-34-20-17-25-15-16-26(21-33(25)36(32)34)37-41-38(30-13-5-9-23-7-1-3-11-28(23)30)43-39(42-37)31-14-6-10-24-8-2-4-12-29(24)31/h1-22,34,36H. The lowest BCUT2D eigenvalue weighted by Gasteiger charge is -2.23. The predicted molar refractivity (Wildman–Crippen MR) is 178 cm³/mol. The summed E-state index contributed by atoms with van der Waals surface area (Å²) in [5.74, 6) is 2.84. The lowest BCUT2D eigenvalue weighted by atomic mass is 9.81. The highest BCUT2D eigenvalue weighted by atomic mass is 35.5. The number of hydrogen-bond donors (Lipinski definition) is 0. The molecule has 9 rings (SSSR count). The molecule has 2 heterocycles. The molecule has 0 fully saturated rings. The van der Waals surface area contributed by atoms with E-state index in [9.17, 15) is 0 Å². The second kappa shape index (κ2) is 9.87. The van der Waals surface area contributed by atoms with Gasteiger partial charge in [0.25, 0.3) is 0 Å². The maximum absolute atomic E-state index is 6.32. The number of aromatic nitrogens is 3. The Labute approximate surface area is 259 Å². The van der Waals surface area contributed by atoms with E-state index in [1.807, 2.05) is 12.1 Å². The average Bonchev–Trinajstić information content (AvgIpc) is 3.45. The lowest BCUT2D eigenvalue weighted by Crippen LogP contribution is -2.20. The van der Waals surface area contributed by atoms with E-state index in [2.05, 4.69) is 121 Å². The second-order valence-corrected chi connectivity index (χ2v) is 11.7. The molecule has 1 aliphatic heterocycles. The normalized spacial score (nSPS) is 16.4. The first-order chi connectivity index (χ1) is 21.7. The Morgan fingerprint density at radius 1 is 0.568 bits per heavy atom. The molecule has 1 aliphatic carbocycles. The van der Waals surface area contributed by atoms with Crippen molar-refractivity contribution in [2.24, 2.45) is 0 Å². The number of benzene rings is 6. The summed E-state index contributed by atoms with van der Waals surface area (Å²) in [5.41, 5.74) is 6.39. The van der Waals surface area contributed by atoms with E-state index < -0.39 is 0 Å². The van der Waals surface area contributed by atoms with Gasteiger partial charge in [0.2, 0.25) is 0 Å². The molecule has 4 nitrogen and oxygen atoms in total. The Bertz CT molecular complexity index is 2200. The summed E-state index contributed by atoms with van der Waals surface area (Å²) in [4.78, 5) is 15.4. The van der Waals surface area contributed by atoms with Crippen molar-refractivity contribution in [1.29, 1.82) is 0 Å². The molecule has 5 heteroatoms. The van der Waals surface area contributed by atoms with Crippen molar-refractivity contribution in [2.75, 3.05) is 0 Å². The molecule has 7 aromatic rings. The van der Waals surface area contributed by atoms with Gasteiger partial charge in [0.1, 0.15) is 11.9 Å². The van der Waals surface area contributed by atoms with E-state index in [1.54, 1.807) is 0 Å². The summed E-state index contributed by atoms with van der Waals surface area (Å²) in [5, 5.41) is 5.17. The monoisotopic (exact) mass is 585 g/mol. The number of halogens is 1. The quantitative estimate of drug-likeness (QED) is 0.207. The Morgan fingerprint density at radius 2 is 1.20 bits per heavy atom. The molecule has 2 unspecified atom stereocenters. The van der Waals surface area contributed by atoms with E-state index in [-0.39, 0.29) is 12.0 Å². The van der Waals surface area contributed by atoms with E-state index in [1.165, 1.54) is 11.1 Å². The molecule has 6 aromatic carbocycles. The molecular formula is C39H24ClN3O. The van der Waals surface area contributed by atoms with Crippen LogP contribution >= 0.6 is 11.6 Å². The zero-order valence-corrected chi connectivity index (χ0v) is 24.2. The van der Waals surface area contributed by atoms with Gasteiger partial charge in [0.05, 0.1) is 5.92 Å². The Kier molecular flexibility index (Phi) is 5.65. The molecule has 0 amide bonds. The largest absolute Gasteiger partial charge is 0.485 e. The predicted octanol–water partition coefficient (Wildman–Crippen LogP) is 9.75. The maximum atomic E-state index is 6.32. The second-order valence-electron chi connectivity index (χ2n) is 11.3. The highest BCUT2D eigenvalue weighted by molar-refractivity contribution is 6.30. The van der Waals surface area contributed by atoms with Gasteiger partial charge in [-0.2, -0.15) is 0 Å². The first-order valence-electron chi connectivity index (χ1n) is 14.7. The molecule has 44 heavy (non-hydrogen) atoms. The van der Waals surface area contributed by atoms with Crippen LogP contribution in [-0.2, 0) is 0 Å². The van der Waals surface area contributed by atoms with E-state index >= 15 is 0 Å². The van der Waals surface area contributed by atoms with Crippen molar-refractivity contribution >= 4 is 39.2 Å². The molecule has 0 N–H and O–H groups in total. The first kappa shape index (κ1) is 25.2. The van der Waals surface area contributed by atoms with Crippen LogP contribution in [0.2, 0.25) is 5.02 Å². The minimum atomic E-state index is -0.0814. The third kappa shape index (κ3) is 4.03. The lowest BCUT2D eigenvalue weighted by molar-refractivity contribution is 0.267. The molecule has 0 bridgehead atoms. The minimum Gasteiger partial charge on any atom is -0.485 e. The fourth-order valence-electron chi connectivity index (χ4n) is 6.67. The molecule has 0 saturated heterocycles. The van der Waals surface area contributed by atoms with Gasteiger partial charge in [0, 0.05) is 27.3 Å². The van der Waals surface area contributed by atoms with E-state index in [0.29, 0.717) is 22.5 Å². The molecular weight excluding hydrogens is 562 g/mol. The van der Waals surface area contributed by atoms with Gasteiger partial charge in [-0.25, -0.2) is 15.0 Å². The summed E-state index contributed by atoms with van der Waals surface area (Å²) in [6, 6.07) is 41.7. The smallest absolute Gasteiger partial charge is 0.164 e. The van der Waals surface area contributed by atoms with Gasteiger partial charge in [-0.1, -0.05) is 121 Å². The van der Waals surface area contributed by atoms with Crippen LogP contribution in [-0.4, -0.2) is 21.1 Å². The third-order valence-corrected chi connectivity index (χ3v) is 8.98. The number of nitrogens with zero attached hydrogens (tertiary/aromatic N) is 3. The van der Waals surface area contributed by atoms with Crippen LogP contribution in [0.4, 0.5) is 0 Å². The maximum Gasteiger partial charge on any atom is 0.164 e. The van der Waals surface area contributed by atoms with Crippen molar-refractivity contribution in [2.45, 2.75) is 12.0 Å². The van der Waals surface area contributed by atoms with E-state index in [4.69, 9.17) is 31.3 Å². The zero-order valence-electron chi connectivity index (χ0n) is 23.5. The fraction of sp³-hybridized carbons (Fsp3) is 0.0513. The van der Waals surface area contributed by atoms with Crippen LogP contribution in [0.25, 0.3) is 61.8 Å². The zero-order chi connectivity index (χ0) is 29.2. The number of hydrogen-bond acceptors (Lipinski definition) is 4. The molecule has 2 atom stereocenters. The first-order valence-corrected chi connectivity index (χ1v) is 15.1. The van der Waals surface area contributed by atoms with Crippen LogP contribution in [0, 0.1) is 0 Å². The number of fused-ring (bicyclic) bond motifs is 7. The third-order valence-electron chi connectivity index (χ3n) is 8.74. The van der Waals surface area contributed by atoms with Crippen molar-refractivity contribution < 1.29 is 4.74 Å². The van der Waals surface area contributed by atoms with Gasteiger partial charge in [-0.05, 0) is 56.9 Å². The fourth-order valence-corrected chi connectivity index (χ4v) is 6.84. The summed E-state index contributed by atoms with van der Waals surface area (Å²) < 4.78 is 6.32. The van der Waals surface area contributed by atoms with Crippen LogP contribution < -0.4 is 4.74 Å². The Hall–Kier alpha value is -5.32. The number of ether oxygens (including phenoxy) is 1. The topological polar surface area (TPSA) is 47.9 Å².